The molecule has 0 N–H and O–H groups in total. The van der Waals surface area contributed by atoms with E-state index >= 15 is 0 Å². The van der Waals surface area contributed by atoms with Crippen molar-refractivity contribution in [2.24, 2.45) is 0 Å². The van der Waals surface area contributed by atoms with Gasteiger partial charge >= 0.3 is 0 Å². The van der Waals surface area contributed by atoms with Crippen LogP contribution in [-0.4, -0.2) is 52.0 Å². The van der Waals surface area contributed by atoms with Gasteiger partial charge in [0.25, 0.3) is 5.91 Å². The van der Waals surface area contributed by atoms with Crippen LogP contribution in [0.15, 0.2) is 30.5 Å². The molecule has 7 heteroatoms. The monoisotopic (exact) mass is 333 g/mol. The molecule has 1 aromatic heterocycles. The maximum atomic E-state index is 12.7. The van der Waals surface area contributed by atoms with Gasteiger partial charge in [-0.3, -0.25) is 4.79 Å². The molecule has 1 aromatic carbocycles. The average molecular weight is 334 g/mol. The number of para-hydroxylation sites is 1. The second-order valence-electron chi connectivity index (χ2n) is 5.52. The number of nitrogens with zero attached hydrogens (tertiary/aromatic N) is 5. The molecular weight excluding hydrogens is 314 g/mol. The number of benzene rings is 1. The first kappa shape index (κ1) is 15.8. The van der Waals surface area contributed by atoms with Gasteiger partial charge in [-0.05, 0) is 25.5 Å². The predicted molar refractivity (Wildman–Crippen MR) is 89.9 cm³/mol. The van der Waals surface area contributed by atoms with Gasteiger partial charge in [0.1, 0.15) is 5.69 Å². The minimum absolute atomic E-state index is 0.00198. The number of hydrogen-bond donors (Lipinski definition) is 0. The predicted octanol–water partition coefficient (Wildman–Crippen LogP) is 2.30. The van der Waals surface area contributed by atoms with Crippen LogP contribution >= 0.6 is 11.6 Å². The molecule has 0 radical (unpaired) electrons. The zero-order valence-corrected chi connectivity index (χ0v) is 13.9. The van der Waals surface area contributed by atoms with Gasteiger partial charge in [0.05, 0.1) is 16.9 Å². The van der Waals surface area contributed by atoms with Gasteiger partial charge in [-0.15, -0.1) is 5.10 Å². The first-order valence-electron chi connectivity index (χ1n) is 7.88. The Bertz CT molecular complexity index is 687. The molecule has 2 heterocycles. The van der Waals surface area contributed by atoms with Crippen LogP contribution in [-0.2, 0) is 6.54 Å². The van der Waals surface area contributed by atoms with E-state index in [1.807, 2.05) is 36.1 Å². The molecule has 1 aliphatic heterocycles. The Morgan fingerprint density at radius 2 is 2.04 bits per heavy atom. The molecule has 0 bridgehead atoms. The van der Waals surface area contributed by atoms with Gasteiger partial charge in [-0.1, -0.05) is 28.9 Å². The number of halogens is 1. The van der Waals surface area contributed by atoms with Crippen molar-refractivity contribution in [1.82, 2.24) is 19.9 Å². The number of carbonyl (C=O) groups is 1. The van der Waals surface area contributed by atoms with E-state index < -0.39 is 0 Å². The largest absolute Gasteiger partial charge is 0.368 e. The molecule has 6 nitrogen and oxygen atoms in total. The molecule has 0 aliphatic carbocycles. The fourth-order valence-corrected chi connectivity index (χ4v) is 3.14. The van der Waals surface area contributed by atoms with E-state index in [1.165, 1.54) is 0 Å². The molecule has 0 saturated carbocycles. The van der Waals surface area contributed by atoms with E-state index in [4.69, 9.17) is 11.6 Å². The Labute approximate surface area is 140 Å². The summed E-state index contributed by atoms with van der Waals surface area (Å²) in [5, 5.41) is 8.53. The zero-order chi connectivity index (χ0) is 16.2. The molecule has 1 amide bonds. The topological polar surface area (TPSA) is 54.3 Å². The molecule has 0 spiro atoms. The Balaban J connectivity index is 1.71. The third kappa shape index (κ3) is 3.32. The van der Waals surface area contributed by atoms with E-state index in [0.717, 1.165) is 36.8 Å². The van der Waals surface area contributed by atoms with Crippen LogP contribution in [0.1, 0.15) is 23.8 Å². The van der Waals surface area contributed by atoms with Crippen molar-refractivity contribution in [2.45, 2.75) is 19.9 Å². The van der Waals surface area contributed by atoms with Crippen LogP contribution in [0.2, 0.25) is 5.02 Å². The summed E-state index contributed by atoms with van der Waals surface area (Å²) in [7, 11) is 0. The SMILES string of the molecule is CCn1nncc1C(=O)N1CCCN(c2ccccc2Cl)CC1. The van der Waals surface area contributed by atoms with Gasteiger partial charge in [-0.25, -0.2) is 4.68 Å². The van der Waals surface area contributed by atoms with Crippen LogP contribution in [0.5, 0.6) is 0 Å². The lowest BCUT2D eigenvalue weighted by atomic mass is 10.2. The lowest BCUT2D eigenvalue weighted by Crippen LogP contribution is -2.36. The smallest absolute Gasteiger partial charge is 0.273 e. The van der Waals surface area contributed by atoms with Crippen molar-refractivity contribution in [3.05, 3.63) is 41.2 Å². The van der Waals surface area contributed by atoms with Crippen LogP contribution < -0.4 is 4.90 Å². The van der Waals surface area contributed by atoms with Crippen molar-refractivity contribution in [3.8, 4) is 0 Å². The first-order chi connectivity index (χ1) is 11.2. The third-order valence-corrected chi connectivity index (χ3v) is 4.43. The summed E-state index contributed by atoms with van der Waals surface area (Å²) in [4.78, 5) is 16.8. The number of hydrogen-bond acceptors (Lipinski definition) is 4. The quantitative estimate of drug-likeness (QED) is 0.865. The Kier molecular flexibility index (Phi) is 4.81. The van der Waals surface area contributed by atoms with Gasteiger partial charge in [0, 0.05) is 32.7 Å². The normalized spacial score (nSPS) is 15.6. The minimum atomic E-state index is -0.00198. The molecular formula is C16H20ClN5O. The highest BCUT2D eigenvalue weighted by Gasteiger charge is 2.23. The Morgan fingerprint density at radius 1 is 1.22 bits per heavy atom. The van der Waals surface area contributed by atoms with Crippen molar-refractivity contribution in [1.29, 1.82) is 0 Å². The van der Waals surface area contributed by atoms with Crippen LogP contribution in [0.25, 0.3) is 0 Å². The maximum Gasteiger partial charge on any atom is 0.273 e. The second-order valence-corrected chi connectivity index (χ2v) is 5.93. The molecule has 122 valence electrons. The summed E-state index contributed by atoms with van der Waals surface area (Å²) in [5.41, 5.74) is 1.59. The molecule has 1 aliphatic rings. The number of aromatic nitrogens is 3. The van der Waals surface area contributed by atoms with Crippen LogP contribution in [0.3, 0.4) is 0 Å². The number of aryl methyl sites for hydroxylation is 1. The van der Waals surface area contributed by atoms with Crippen molar-refractivity contribution in [2.75, 3.05) is 31.1 Å². The molecule has 0 unspecified atom stereocenters. The molecule has 0 atom stereocenters. The minimum Gasteiger partial charge on any atom is -0.368 e. The fraction of sp³-hybridized carbons (Fsp3) is 0.438. The fourth-order valence-electron chi connectivity index (χ4n) is 2.89. The summed E-state index contributed by atoms with van der Waals surface area (Å²) in [6.07, 6.45) is 2.45. The van der Waals surface area contributed by atoms with Crippen molar-refractivity contribution >= 4 is 23.2 Å². The second kappa shape index (κ2) is 7.00. The molecule has 3 rings (SSSR count). The maximum absolute atomic E-state index is 12.7. The highest BCUT2D eigenvalue weighted by atomic mass is 35.5. The van der Waals surface area contributed by atoms with E-state index in [-0.39, 0.29) is 5.91 Å². The van der Waals surface area contributed by atoms with Crippen molar-refractivity contribution in [3.63, 3.8) is 0 Å². The third-order valence-electron chi connectivity index (χ3n) is 4.11. The number of carbonyl (C=O) groups excluding carboxylic acids is 1. The van der Waals surface area contributed by atoms with Gasteiger partial charge in [0.15, 0.2) is 0 Å². The van der Waals surface area contributed by atoms with E-state index in [9.17, 15) is 4.79 Å². The summed E-state index contributed by atoms with van der Waals surface area (Å²) < 4.78 is 1.64. The molecule has 23 heavy (non-hydrogen) atoms. The highest BCUT2D eigenvalue weighted by Crippen LogP contribution is 2.26. The van der Waals surface area contributed by atoms with Crippen LogP contribution in [0.4, 0.5) is 5.69 Å². The van der Waals surface area contributed by atoms with E-state index in [2.05, 4.69) is 15.2 Å². The zero-order valence-electron chi connectivity index (χ0n) is 13.2. The summed E-state index contributed by atoms with van der Waals surface area (Å²) in [6, 6.07) is 7.84. The molecule has 1 saturated heterocycles. The summed E-state index contributed by atoms with van der Waals surface area (Å²) >= 11 is 6.29. The Morgan fingerprint density at radius 3 is 2.83 bits per heavy atom. The molecule has 2 aromatic rings. The lowest BCUT2D eigenvalue weighted by Gasteiger charge is -2.24. The number of amides is 1. The summed E-state index contributed by atoms with van der Waals surface area (Å²) in [5.74, 6) is -0.00198. The average Bonchev–Trinajstić information content (AvgIpc) is 2.91. The van der Waals surface area contributed by atoms with Gasteiger partial charge < -0.3 is 9.80 Å². The highest BCUT2D eigenvalue weighted by molar-refractivity contribution is 6.33. The van der Waals surface area contributed by atoms with Crippen molar-refractivity contribution < 1.29 is 4.79 Å². The van der Waals surface area contributed by atoms with E-state index in [1.54, 1.807) is 10.9 Å². The van der Waals surface area contributed by atoms with Gasteiger partial charge in [0.2, 0.25) is 0 Å². The number of rotatable bonds is 3. The Hall–Kier alpha value is -2.08. The lowest BCUT2D eigenvalue weighted by molar-refractivity contribution is 0.0754. The number of anilines is 1. The van der Waals surface area contributed by atoms with Gasteiger partial charge in [-0.2, -0.15) is 0 Å². The standard InChI is InChI=1S/C16H20ClN5O/c1-2-22-15(12-18-19-22)16(23)21-9-5-8-20(10-11-21)14-7-4-3-6-13(14)17/h3-4,6-7,12H,2,5,8-11H2,1H3. The van der Waals surface area contributed by atoms with Crippen LogP contribution in [0, 0.1) is 0 Å². The first-order valence-corrected chi connectivity index (χ1v) is 8.25. The summed E-state index contributed by atoms with van der Waals surface area (Å²) in [6.45, 7) is 5.64. The molecule has 1 fully saturated rings. The van der Waals surface area contributed by atoms with E-state index in [0.29, 0.717) is 18.8 Å².